The van der Waals surface area contributed by atoms with Gasteiger partial charge < -0.3 is 28.9 Å². The van der Waals surface area contributed by atoms with Gasteiger partial charge in [0.05, 0.1) is 25.2 Å². The molecule has 0 spiro atoms. The summed E-state index contributed by atoms with van der Waals surface area (Å²) in [6.45, 7) is 7.40. The summed E-state index contributed by atoms with van der Waals surface area (Å²) in [6.07, 6.45) is -9.66. The first kappa shape index (κ1) is 33.9. The third-order valence-electron chi connectivity index (χ3n) is 5.74. The van der Waals surface area contributed by atoms with Gasteiger partial charge in [-0.2, -0.15) is 0 Å². The summed E-state index contributed by atoms with van der Waals surface area (Å²) in [6, 6.07) is -2.67. The van der Waals surface area contributed by atoms with Gasteiger partial charge in [-0.15, -0.1) is 0 Å². The van der Waals surface area contributed by atoms with E-state index in [1.807, 2.05) is 0 Å². The number of halogens is 2. The van der Waals surface area contributed by atoms with Gasteiger partial charge in [-0.1, -0.05) is 0 Å². The zero-order chi connectivity index (χ0) is 30.6. The van der Waals surface area contributed by atoms with E-state index in [1.165, 1.54) is 13.8 Å². The predicted molar refractivity (Wildman–Crippen MR) is 132 cm³/mol. The highest BCUT2D eigenvalue weighted by Crippen LogP contribution is 2.45. The molecule has 0 unspecified atom stereocenters. The van der Waals surface area contributed by atoms with E-state index in [9.17, 15) is 42.7 Å². The van der Waals surface area contributed by atoms with E-state index in [4.69, 9.17) is 18.7 Å². The van der Waals surface area contributed by atoms with Crippen LogP contribution in [0.1, 0.15) is 48.0 Å². The summed E-state index contributed by atoms with van der Waals surface area (Å²) < 4.78 is 63.3. The molecule has 0 aliphatic carbocycles. The van der Waals surface area contributed by atoms with Crippen molar-refractivity contribution in [1.82, 2.24) is 15.1 Å². The number of allylic oxidation sites excluding steroid dienone is 1. The first-order chi connectivity index (χ1) is 18.4. The smallest absolute Gasteiger partial charge is 0.342 e. The molecule has 2 aliphatic heterocycles. The highest BCUT2D eigenvalue weighted by atomic mass is 31.2. The molecule has 1 saturated heterocycles. The molecule has 2 aliphatic rings. The number of ketones is 1. The lowest BCUT2D eigenvalue weighted by atomic mass is 9.96. The molecule has 0 aromatic rings. The van der Waals surface area contributed by atoms with Crippen LogP contribution in [0.4, 0.5) is 8.78 Å². The maximum absolute atomic E-state index is 14.4. The Morgan fingerprint density at radius 1 is 1.07 bits per heavy atom. The lowest BCUT2D eigenvalue weighted by Crippen LogP contribution is -2.53. The van der Waals surface area contributed by atoms with Crippen molar-refractivity contribution in [2.45, 2.75) is 103 Å². The number of alkyl halides is 2. The Labute approximate surface area is 229 Å². The highest BCUT2D eigenvalue weighted by molar-refractivity contribution is 7.54. The summed E-state index contributed by atoms with van der Waals surface area (Å²) in [5.41, 5.74) is -3.03. The van der Waals surface area contributed by atoms with Crippen LogP contribution in [0.15, 0.2) is 12.3 Å². The zero-order valence-corrected chi connectivity index (χ0v) is 23.8. The van der Waals surface area contributed by atoms with Crippen molar-refractivity contribution in [1.29, 1.82) is 0 Å². The van der Waals surface area contributed by atoms with Gasteiger partial charge in [0.15, 0.2) is 17.6 Å². The summed E-state index contributed by atoms with van der Waals surface area (Å²) in [4.78, 5) is 49.1. The second-order valence-electron chi connectivity index (χ2n) is 9.96. The lowest BCUT2D eigenvalue weighted by Gasteiger charge is -2.34. The van der Waals surface area contributed by atoms with Crippen molar-refractivity contribution in [3.05, 3.63) is 12.3 Å². The molecule has 0 bridgehead atoms. The molecule has 2 heterocycles. The first-order valence-corrected chi connectivity index (χ1v) is 14.1. The van der Waals surface area contributed by atoms with Crippen LogP contribution in [-0.4, -0.2) is 100 Å². The molecule has 4 N–H and O–H groups in total. The van der Waals surface area contributed by atoms with Crippen LogP contribution in [0.5, 0.6) is 0 Å². The van der Waals surface area contributed by atoms with Crippen LogP contribution in [0.3, 0.4) is 0 Å². The Morgan fingerprint density at radius 3 is 2.00 bits per heavy atom. The normalized spacial score (nSPS) is 27.0. The Balaban J connectivity index is 2.35. The minimum Gasteiger partial charge on any atom is -0.462 e. The molecule has 6 atom stereocenters. The number of amides is 1. The molecular formula is C23H36F2N3O11P. The first-order valence-electron chi connectivity index (χ1n) is 12.5. The SMILES string of the molecule is CC(C)OC(=O)[C@H](C)NP(=O)(N[C@@H](C)C(=O)OC(C)C)OC[C@@]1(C(F)F)O[C@@H](N2C=CC(=O)CC2=O)[C@H](O)[C@@H]1O. The van der Waals surface area contributed by atoms with Crippen molar-refractivity contribution < 1.29 is 61.5 Å². The molecular weight excluding hydrogens is 563 g/mol. The van der Waals surface area contributed by atoms with Crippen molar-refractivity contribution in [3.8, 4) is 0 Å². The number of hydrogen-bond acceptors (Lipinski definition) is 11. The van der Waals surface area contributed by atoms with E-state index in [0.717, 1.165) is 12.3 Å². The number of ether oxygens (including phenoxy) is 3. The van der Waals surface area contributed by atoms with Gasteiger partial charge in [0.2, 0.25) is 5.91 Å². The van der Waals surface area contributed by atoms with Gasteiger partial charge in [0.1, 0.15) is 24.3 Å². The maximum atomic E-state index is 14.4. The number of hydrogen-bond donors (Lipinski definition) is 4. The van der Waals surface area contributed by atoms with Gasteiger partial charge >= 0.3 is 19.6 Å². The van der Waals surface area contributed by atoms with Crippen LogP contribution in [-0.2, 0) is 42.5 Å². The summed E-state index contributed by atoms with van der Waals surface area (Å²) in [5, 5.41) is 25.7. The van der Waals surface area contributed by atoms with Gasteiger partial charge in [-0.25, -0.2) is 19.0 Å². The average molecular weight is 600 g/mol. The Bertz CT molecular complexity index is 1010. The molecule has 0 aromatic heterocycles. The van der Waals surface area contributed by atoms with Crippen LogP contribution in [0, 0.1) is 0 Å². The van der Waals surface area contributed by atoms with Gasteiger partial charge in [0, 0.05) is 6.20 Å². The van der Waals surface area contributed by atoms with E-state index in [1.54, 1.807) is 27.7 Å². The summed E-state index contributed by atoms with van der Waals surface area (Å²) in [5.74, 6) is -3.19. The van der Waals surface area contributed by atoms with Crippen molar-refractivity contribution in [2.24, 2.45) is 0 Å². The number of carbonyl (C=O) groups is 4. The minimum atomic E-state index is -4.63. The topological polar surface area (TPSA) is 190 Å². The van der Waals surface area contributed by atoms with Crippen LogP contribution < -0.4 is 10.2 Å². The number of rotatable bonds is 13. The van der Waals surface area contributed by atoms with Gasteiger partial charge in [-0.05, 0) is 47.6 Å². The molecule has 0 aromatic carbocycles. The number of aliphatic hydroxyl groups excluding tert-OH is 2. The number of nitrogens with one attached hydrogen (secondary N) is 2. The van der Waals surface area contributed by atoms with E-state index in [-0.39, 0.29) is 0 Å². The quantitative estimate of drug-likeness (QED) is 0.129. The Hall–Kier alpha value is -2.33. The van der Waals surface area contributed by atoms with E-state index < -0.39 is 99.1 Å². The molecule has 17 heteroatoms. The zero-order valence-electron chi connectivity index (χ0n) is 22.9. The van der Waals surface area contributed by atoms with Crippen molar-refractivity contribution >= 4 is 31.3 Å². The number of aliphatic hydroxyl groups is 2. The fourth-order valence-electron chi connectivity index (χ4n) is 3.75. The Kier molecular flexibility index (Phi) is 11.5. The standard InChI is InChI=1S/C23H36F2N3O11P/c1-11(2)37-20(33)13(5)26-40(35,27-14(6)21(34)38-12(3)4)36-10-23(22(24)25)18(32)17(31)19(39-23)28-8-7-15(29)9-16(28)30/h7-8,11-14,17-19,22,31-32H,9-10H2,1-6H3,(H2,26,27,35)/t13-,14-,17+,18-,19+,23+/m0/s1. The molecule has 1 amide bonds. The fourth-order valence-corrected chi connectivity index (χ4v) is 5.59. The molecule has 228 valence electrons. The molecule has 14 nitrogen and oxygen atoms in total. The number of nitrogens with zero attached hydrogens (tertiary/aromatic N) is 1. The van der Waals surface area contributed by atoms with Crippen molar-refractivity contribution in [2.75, 3.05) is 6.61 Å². The molecule has 0 saturated carbocycles. The minimum absolute atomic E-state index is 0.547. The number of esters is 2. The molecule has 40 heavy (non-hydrogen) atoms. The monoisotopic (exact) mass is 599 g/mol. The van der Waals surface area contributed by atoms with Gasteiger partial charge in [0.25, 0.3) is 6.43 Å². The van der Waals surface area contributed by atoms with Crippen LogP contribution in [0.2, 0.25) is 0 Å². The maximum Gasteiger partial charge on any atom is 0.342 e. The lowest BCUT2D eigenvalue weighted by molar-refractivity contribution is -0.199. The van der Waals surface area contributed by atoms with Crippen LogP contribution >= 0.6 is 7.67 Å². The van der Waals surface area contributed by atoms with Crippen molar-refractivity contribution in [3.63, 3.8) is 0 Å². The molecule has 0 radical (unpaired) electrons. The van der Waals surface area contributed by atoms with E-state index >= 15 is 0 Å². The molecule has 1 fully saturated rings. The summed E-state index contributed by atoms with van der Waals surface area (Å²) in [7, 11) is -4.63. The van der Waals surface area contributed by atoms with Crippen LogP contribution in [0.25, 0.3) is 0 Å². The molecule has 2 rings (SSSR count). The fraction of sp³-hybridized carbons (Fsp3) is 0.739. The van der Waals surface area contributed by atoms with E-state index in [0.29, 0.717) is 4.90 Å². The largest absolute Gasteiger partial charge is 0.462 e. The van der Waals surface area contributed by atoms with Gasteiger partial charge in [-0.3, -0.25) is 28.6 Å². The summed E-state index contributed by atoms with van der Waals surface area (Å²) >= 11 is 0. The Morgan fingerprint density at radius 2 is 1.57 bits per heavy atom. The highest BCUT2D eigenvalue weighted by Gasteiger charge is 2.62. The second-order valence-corrected chi connectivity index (χ2v) is 11.8. The predicted octanol–water partition coefficient (Wildman–Crippen LogP) is 0.368. The third kappa shape index (κ3) is 8.12. The number of carbonyl (C=O) groups excluding carboxylic acids is 4. The van der Waals surface area contributed by atoms with E-state index in [2.05, 4.69) is 10.2 Å². The third-order valence-corrected chi connectivity index (χ3v) is 7.69. The second kappa shape index (κ2) is 13.6. The average Bonchev–Trinajstić information content (AvgIpc) is 3.08.